The number of carbonyl (C=O) groups excluding carboxylic acids is 2. The first kappa shape index (κ1) is 24.3. The number of amides is 1. The van der Waals surface area contributed by atoms with Gasteiger partial charge in [-0.1, -0.05) is 61.9 Å². The highest BCUT2D eigenvalue weighted by molar-refractivity contribution is 6.14. The zero-order valence-electron chi connectivity index (χ0n) is 19.5. The number of hydrogen-bond donors (Lipinski definition) is 1. The van der Waals surface area contributed by atoms with Crippen molar-refractivity contribution in [2.45, 2.75) is 25.8 Å². The van der Waals surface area contributed by atoms with Crippen LogP contribution in [-0.2, 0) is 9.59 Å². The number of aliphatic hydroxyl groups excluding tert-OH is 1. The maximum atomic E-state index is 13.2. The van der Waals surface area contributed by atoms with Crippen molar-refractivity contribution in [3.8, 4) is 5.75 Å². The summed E-state index contributed by atoms with van der Waals surface area (Å²) in [6.07, 6.45) is 5.07. The van der Waals surface area contributed by atoms with Gasteiger partial charge in [-0.05, 0) is 49.9 Å². The molecule has 0 saturated carbocycles. The zero-order valence-corrected chi connectivity index (χ0v) is 19.5. The average molecular weight is 449 g/mol. The molecule has 0 radical (unpaired) electrons. The highest BCUT2D eigenvalue weighted by Crippen LogP contribution is 2.38. The van der Waals surface area contributed by atoms with E-state index in [9.17, 15) is 14.7 Å². The highest BCUT2D eigenvalue weighted by Gasteiger charge is 2.42. The van der Waals surface area contributed by atoms with Crippen LogP contribution in [0.2, 0.25) is 0 Å². The molecule has 2 aromatic rings. The fourth-order valence-electron chi connectivity index (χ4n) is 3.72. The maximum Gasteiger partial charge on any atom is 0.290 e. The third-order valence-corrected chi connectivity index (χ3v) is 5.52. The van der Waals surface area contributed by atoms with Crippen molar-refractivity contribution in [2.24, 2.45) is 0 Å². The Morgan fingerprint density at radius 3 is 2.61 bits per heavy atom. The predicted octanol–water partition coefficient (Wildman–Crippen LogP) is 4.41. The number of benzene rings is 2. The van der Waals surface area contributed by atoms with Crippen LogP contribution in [0.4, 0.5) is 0 Å². The molecule has 0 aliphatic carbocycles. The first-order valence-corrected chi connectivity index (χ1v) is 11.3. The molecule has 1 aliphatic heterocycles. The van der Waals surface area contributed by atoms with E-state index in [4.69, 9.17) is 4.74 Å². The molecule has 6 heteroatoms. The van der Waals surface area contributed by atoms with E-state index in [0.29, 0.717) is 25.4 Å². The second-order valence-electron chi connectivity index (χ2n) is 8.35. The third kappa shape index (κ3) is 6.11. The fourth-order valence-corrected chi connectivity index (χ4v) is 3.72. The second kappa shape index (κ2) is 11.5. The van der Waals surface area contributed by atoms with Crippen molar-refractivity contribution in [3.63, 3.8) is 0 Å². The van der Waals surface area contributed by atoms with E-state index in [0.717, 1.165) is 24.0 Å². The van der Waals surface area contributed by atoms with E-state index in [2.05, 4.69) is 6.92 Å². The molecule has 1 atom stereocenters. The van der Waals surface area contributed by atoms with Gasteiger partial charge in [0.05, 0.1) is 18.2 Å². The normalized spacial score (nSPS) is 16.3. The van der Waals surface area contributed by atoms with Crippen LogP contribution in [0.15, 0.2) is 72.0 Å². The number of nitrogens with zero attached hydrogens (tertiary/aromatic N) is 2. The Morgan fingerprint density at radius 2 is 1.91 bits per heavy atom. The van der Waals surface area contributed by atoms with Crippen LogP contribution in [-0.4, -0.2) is 60.4 Å². The summed E-state index contributed by atoms with van der Waals surface area (Å²) in [5.41, 5.74) is 1.69. The van der Waals surface area contributed by atoms with Crippen LogP contribution in [0.3, 0.4) is 0 Å². The van der Waals surface area contributed by atoms with Gasteiger partial charge in [0.1, 0.15) is 5.75 Å². The molecule has 2 aromatic carbocycles. The summed E-state index contributed by atoms with van der Waals surface area (Å²) in [7, 11) is 3.83. The molecule has 0 bridgehead atoms. The summed E-state index contributed by atoms with van der Waals surface area (Å²) in [5, 5.41) is 10.7. The molecule has 0 spiro atoms. The van der Waals surface area contributed by atoms with Gasteiger partial charge in [-0.3, -0.25) is 9.59 Å². The van der Waals surface area contributed by atoms with Gasteiger partial charge in [0.15, 0.2) is 11.5 Å². The van der Waals surface area contributed by atoms with E-state index in [1.807, 2.05) is 73.6 Å². The quantitative estimate of drug-likeness (QED) is 0.407. The van der Waals surface area contributed by atoms with Crippen molar-refractivity contribution in [1.29, 1.82) is 0 Å². The number of ether oxygens (including phenoxy) is 1. The summed E-state index contributed by atoms with van der Waals surface area (Å²) < 4.78 is 5.85. The van der Waals surface area contributed by atoms with Crippen molar-refractivity contribution in [1.82, 2.24) is 9.80 Å². The number of unbranched alkanes of at least 4 members (excludes halogenated alkanes) is 1. The lowest BCUT2D eigenvalue weighted by molar-refractivity contribution is -0.129. The van der Waals surface area contributed by atoms with Gasteiger partial charge in [-0.25, -0.2) is 0 Å². The maximum absolute atomic E-state index is 13.2. The minimum absolute atomic E-state index is 0.0941. The summed E-state index contributed by atoms with van der Waals surface area (Å²) in [4.78, 5) is 29.7. The Bertz CT molecular complexity index is 1030. The lowest BCUT2D eigenvalue weighted by atomic mass is 9.95. The number of ketones is 1. The minimum atomic E-state index is -0.680. The zero-order chi connectivity index (χ0) is 23.8. The number of carbonyl (C=O) groups is 2. The Morgan fingerprint density at radius 1 is 1.15 bits per heavy atom. The molecule has 6 nitrogen and oxygen atoms in total. The molecule has 0 fully saturated rings. The molecular weight excluding hydrogens is 416 g/mol. The predicted molar refractivity (Wildman–Crippen MR) is 130 cm³/mol. The van der Waals surface area contributed by atoms with Crippen LogP contribution in [0, 0.1) is 0 Å². The molecule has 1 N–H and O–H groups in total. The monoisotopic (exact) mass is 448 g/mol. The van der Waals surface area contributed by atoms with Crippen molar-refractivity contribution < 1.29 is 19.4 Å². The topological polar surface area (TPSA) is 70.1 Å². The Labute approximate surface area is 195 Å². The molecule has 0 aromatic heterocycles. The average Bonchev–Trinajstić information content (AvgIpc) is 3.07. The Balaban J connectivity index is 1.95. The SMILES string of the molecule is CCCCOc1cccc(C2C(C(=O)/C=C/c3ccccc3)=C(O)C(=O)N2CCN(C)C)c1. The number of hydrogen-bond acceptors (Lipinski definition) is 5. The second-order valence-corrected chi connectivity index (χ2v) is 8.35. The van der Waals surface area contributed by atoms with Crippen LogP contribution in [0.1, 0.15) is 36.9 Å². The van der Waals surface area contributed by atoms with Gasteiger partial charge < -0.3 is 19.6 Å². The van der Waals surface area contributed by atoms with E-state index < -0.39 is 17.7 Å². The van der Waals surface area contributed by atoms with E-state index in [-0.39, 0.29) is 11.4 Å². The molecule has 33 heavy (non-hydrogen) atoms. The lowest BCUT2D eigenvalue weighted by Gasteiger charge is -2.28. The van der Waals surface area contributed by atoms with Crippen molar-refractivity contribution in [3.05, 3.63) is 83.1 Å². The van der Waals surface area contributed by atoms with Gasteiger partial charge in [-0.2, -0.15) is 0 Å². The number of likely N-dealkylation sites (N-methyl/N-ethyl adjacent to an activating group) is 1. The number of aliphatic hydroxyl groups is 1. The van der Waals surface area contributed by atoms with Crippen LogP contribution < -0.4 is 4.74 Å². The Hall–Kier alpha value is -3.38. The van der Waals surface area contributed by atoms with Crippen molar-refractivity contribution in [2.75, 3.05) is 33.8 Å². The smallest absolute Gasteiger partial charge is 0.290 e. The summed E-state index contributed by atoms with van der Waals surface area (Å²) in [6.45, 7) is 3.67. The molecule has 1 amide bonds. The van der Waals surface area contributed by atoms with Gasteiger partial charge >= 0.3 is 0 Å². The van der Waals surface area contributed by atoms with Gasteiger partial charge in [0.2, 0.25) is 0 Å². The van der Waals surface area contributed by atoms with Crippen LogP contribution in [0.25, 0.3) is 6.08 Å². The van der Waals surface area contributed by atoms with Crippen LogP contribution in [0.5, 0.6) is 5.75 Å². The lowest BCUT2D eigenvalue weighted by Crippen LogP contribution is -2.36. The molecule has 1 heterocycles. The molecule has 0 saturated heterocycles. The first-order valence-electron chi connectivity index (χ1n) is 11.3. The molecule has 1 aliphatic rings. The molecule has 3 rings (SSSR count). The van der Waals surface area contributed by atoms with E-state index >= 15 is 0 Å². The first-order chi connectivity index (χ1) is 15.9. The summed E-state index contributed by atoms with van der Waals surface area (Å²) in [5.74, 6) is -0.729. The number of allylic oxidation sites excluding steroid dienone is 1. The van der Waals surface area contributed by atoms with Gasteiger partial charge in [0.25, 0.3) is 5.91 Å². The molecular formula is C27H32N2O4. The highest BCUT2D eigenvalue weighted by atomic mass is 16.5. The van der Waals surface area contributed by atoms with Gasteiger partial charge in [0, 0.05) is 13.1 Å². The third-order valence-electron chi connectivity index (χ3n) is 5.52. The molecule has 174 valence electrons. The standard InChI is InChI=1S/C27H32N2O4/c1-4-5-18-33-22-13-9-12-21(19-22)25-24(23(30)15-14-20-10-7-6-8-11-20)26(31)27(32)29(25)17-16-28(2)3/h6-15,19,25,31H,4-5,16-18H2,1-3H3/b15-14+. The largest absolute Gasteiger partial charge is 0.503 e. The van der Waals surface area contributed by atoms with Crippen LogP contribution >= 0.6 is 0 Å². The number of rotatable bonds is 11. The molecule has 1 unspecified atom stereocenters. The fraction of sp³-hybridized carbons (Fsp3) is 0.333. The summed E-state index contributed by atoms with van der Waals surface area (Å²) in [6, 6.07) is 16.2. The van der Waals surface area contributed by atoms with Crippen molar-refractivity contribution >= 4 is 17.8 Å². The van der Waals surface area contributed by atoms with E-state index in [1.54, 1.807) is 11.0 Å². The Kier molecular flexibility index (Phi) is 8.44. The summed E-state index contributed by atoms with van der Waals surface area (Å²) >= 11 is 0. The van der Waals surface area contributed by atoms with E-state index in [1.165, 1.54) is 6.08 Å². The minimum Gasteiger partial charge on any atom is -0.503 e. The van der Waals surface area contributed by atoms with Gasteiger partial charge in [-0.15, -0.1) is 0 Å².